The van der Waals surface area contributed by atoms with E-state index in [1.54, 1.807) is 6.07 Å². The molecule has 1 aliphatic carbocycles. The number of hydrogen-bond donors (Lipinski definition) is 2. The zero-order valence-corrected chi connectivity index (χ0v) is 14.2. The number of carbonyl (C=O) groups is 1. The lowest BCUT2D eigenvalue weighted by molar-refractivity contribution is -0.137. The van der Waals surface area contributed by atoms with Crippen LogP contribution >= 0.6 is 0 Å². The van der Waals surface area contributed by atoms with E-state index >= 15 is 0 Å². The maximum atomic E-state index is 12.9. The molecule has 3 aromatic rings. The van der Waals surface area contributed by atoms with Gasteiger partial charge in [0, 0.05) is 17.5 Å². The van der Waals surface area contributed by atoms with Gasteiger partial charge < -0.3 is 5.32 Å². The molecule has 0 radical (unpaired) electrons. The summed E-state index contributed by atoms with van der Waals surface area (Å²) in [4.78, 5) is 12.5. The maximum Gasteiger partial charge on any atom is 0.416 e. The Balaban J connectivity index is 1.47. The number of aromatic amines is 1. The zero-order valence-electron chi connectivity index (χ0n) is 14.2. The zero-order chi connectivity index (χ0) is 19.0. The number of fused-ring (bicyclic) bond motifs is 1. The fourth-order valence-electron chi connectivity index (χ4n) is 3.37. The van der Waals surface area contributed by atoms with Gasteiger partial charge in [0.15, 0.2) is 5.82 Å². The van der Waals surface area contributed by atoms with Crippen LogP contribution in [0, 0.1) is 5.92 Å². The van der Waals surface area contributed by atoms with Crippen molar-refractivity contribution in [2.75, 3.05) is 5.32 Å². The normalized spacial score (nSPS) is 14.2. The van der Waals surface area contributed by atoms with Crippen LogP contribution in [0.4, 0.5) is 19.0 Å². The minimum Gasteiger partial charge on any atom is -0.309 e. The van der Waals surface area contributed by atoms with Gasteiger partial charge in [0.2, 0.25) is 5.91 Å². The molecule has 4 nitrogen and oxygen atoms in total. The Morgan fingerprint density at radius 2 is 1.74 bits per heavy atom. The number of aromatic nitrogens is 2. The lowest BCUT2D eigenvalue weighted by atomic mass is 10.1. The Bertz CT molecular complexity index is 969. The first kappa shape index (κ1) is 17.3. The monoisotopic (exact) mass is 371 g/mol. The van der Waals surface area contributed by atoms with Gasteiger partial charge in [0.25, 0.3) is 0 Å². The first-order chi connectivity index (χ1) is 12.9. The Kier molecular flexibility index (Phi) is 4.22. The predicted molar refractivity (Wildman–Crippen MR) is 95.0 cm³/mol. The van der Waals surface area contributed by atoms with Gasteiger partial charge in [-0.3, -0.25) is 9.89 Å². The summed E-state index contributed by atoms with van der Waals surface area (Å²) in [5.74, 6) is -0.0206. The number of halogens is 3. The summed E-state index contributed by atoms with van der Waals surface area (Å²) in [5, 5.41) is 9.44. The number of carbonyl (C=O) groups excluding carboxylic acids is 1. The number of hydrogen-bond acceptors (Lipinski definition) is 2. The average Bonchev–Trinajstić information content (AvgIpc) is 3.28. The summed E-state index contributed by atoms with van der Waals surface area (Å²) in [6.07, 6.45) is -3.07. The van der Waals surface area contributed by atoms with Gasteiger partial charge in [-0.1, -0.05) is 36.4 Å². The van der Waals surface area contributed by atoms with Crippen LogP contribution < -0.4 is 5.32 Å². The number of alkyl halides is 3. The predicted octanol–water partition coefficient (Wildman–Crippen LogP) is 4.45. The fraction of sp³-hybridized carbons (Fsp3) is 0.200. The highest BCUT2D eigenvalue weighted by Crippen LogP contribution is 2.32. The van der Waals surface area contributed by atoms with Crippen molar-refractivity contribution in [2.45, 2.75) is 19.0 Å². The minimum atomic E-state index is -4.41. The second-order valence-electron chi connectivity index (χ2n) is 6.61. The molecule has 1 heterocycles. The van der Waals surface area contributed by atoms with Gasteiger partial charge in [-0.2, -0.15) is 18.3 Å². The molecule has 27 heavy (non-hydrogen) atoms. The molecule has 0 aliphatic heterocycles. The van der Waals surface area contributed by atoms with Gasteiger partial charge in [-0.15, -0.1) is 0 Å². The van der Waals surface area contributed by atoms with Gasteiger partial charge in [-0.05, 0) is 36.1 Å². The molecule has 4 rings (SSSR count). The third kappa shape index (κ3) is 3.58. The van der Waals surface area contributed by atoms with Crippen LogP contribution in [0.5, 0.6) is 0 Å². The largest absolute Gasteiger partial charge is 0.416 e. The van der Waals surface area contributed by atoms with Gasteiger partial charge in [0.05, 0.1) is 11.3 Å². The highest BCUT2D eigenvalue weighted by Gasteiger charge is 2.31. The summed E-state index contributed by atoms with van der Waals surface area (Å²) < 4.78 is 38.6. The van der Waals surface area contributed by atoms with Crippen molar-refractivity contribution >= 4 is 11.7 Å². The topological polar surface area (TPSA) is 57.8 Å². The summed E-state index contributed by atoms with van der Waals surface area (Å²) in [5.41, 5.74) is 2.37. The fourth-order valence-corrected chi connectivity index (χ4v) is 3.37. The first-order valence-electron chi connectivity index (χ1n) is 8.51. The standard InChI is InChI=1S/C20H16F3N3O/c21-20(22,23)16-7-3-6-14(10-16)17-11-18(26-25-17)24-19(27)15-8-12-4-1-2-5-13(12)9-15/h1-7,10-11,15H,8-9H2,(H2,24,25,26,27). The van der Waals surface area contributed by atoms with Crippen molar-refractivity contribution in [3.05, 3.63) is 71.3 Å². The van der Waals surface area contributed by atoms with E-state index in [-0.39, 0.29) is 11.8 Å². The Morgan fingerprint density at radius 1 is 1.04 bits per heavy atom. The Labute approximate surface area is 153 Å². The number of amides is 1. The molecular weight excluding hydrogens is 355 g/mol. The number of anilines is 1. The Morgan fingerprint density at radius 3 is 2.41 bits per heavy atom. The molecule has 0 unspecified atom stereocenters. The van der Waals surface area contributed by atoms with E-state index in [2.05, 4.69) is 15.5 Å². The average molecular weight is 371 g/mol. The molecule has 2 aromatic carbocycles. The van der Waals surface area contributed by atoms with E-state index in [1.165, 1.54) is 23.3 Å². The Hall–Kier alpha value is -3.09. The highest BCUT2D eigenvalue weighted by molar-refractivity contribution is 5.93. The van der Waals surface area contributed by atoms with E-state index in [0.29, 0.717) is 29.9 Å². The van der Waals surface area contributed by atoms with E-state index in [4.69, 9.17) is 0 Å². The van der Waals surface area contributed by atoms with Gasteiger partial charge in [0.1, 0.15) is 0 Å². The summed E-state index contributed by atoms with van der Waals surface area (Å²) in [6.45, 7) is 0. The molecule has 0 fully saturated rings. The minimum absolute atomic E-state index is 0.145. The van der Waals surface area contributed by atoms with Crippen LogP contribution in [-0.2, 0) is 23.8 Å². The summed E-state index contributed by atoms with van der Waals surface area (Å²) >= 11 is 0. The SMILES string of the molecule is O=C(Nc1cc(-c2cccc(C(F)(F)F)c2)[nH]n1)C1Cc2ccccc2C1. The van der Waals surface area contributed by atoms with Crippen LogP contribution in [0.1, 0.15) is 16.7 Å². The molecular formula is C20H16F3N3O. The van der Waals surface area contributed by atoms with Crippen LogP contribution in [0.3, 0.4) is 0 Å². The number of H-pyrrole nitrogens is 1. The van der Waals surface area contributed by atoms with Crippen LogP contribution in [0.15, 0.2) is 54.6 Å². The molecule has 7 heteroatoms. The molecule has 1 amide bonds. The van der Waals surface area contributed by atoms with Crippen molar-refractivity contribution in [1.29, 1.82) is 0 Å². The van der Waals surface area contributed by atoms with Crippen LogP contribution in [0.2, 0.25) is 0 Å². The van der Waals surface area contributed by atoms with Crippen molar-refractivity contribution in [3.63, 3.8) is 0 Å². The van der Waals surface area contributed by atoms with Crippen LogP contribution in [0.25, 0.3) is 11.3 Å². The van der Waals surface area contributed by atoms with Crippen LogP contribution in [-0.4, -0.2) is 16.1 Å². The molecule has 138 valence electrons. The van der Waals surface area contributed by atoms with E-state index < -0.39 is 11.7 Å². The number of rotatable bonds is 3. The van der Waals surface area contributed by atoms with E-state index in [0.717, 1.165) is 12.1 Å². The molecule has 1 aliphatic rings. The smallest absolute Gasteiger partial charge is 0.309 e. The number of nitrogens with zero attached hydrogens (tertiary/aromatic N) is 1. The molecule has 2 N–H and O–H groups in total. The second-order valence-corrected chi connectivity index (χ2v) is 6.61. The molecule has 0 saturated heterocycles. The van der Waals surface area contributed by atoms with Crippen molar-refractivity contribution in [1.82, 2.24) is 10.2 Å². The molecule has 0 atom stereocenters. The molecule has 0 bridgehead atoms. The van der Waals surface area contributed by atoms with Crippen molar-refractivity contribution < 1.29 is 18.0 Å². The van der Waals surface area contributed by atoms with E-state index in [9.17, 15) is 18.0 Å². The van der Waals surface area contributed by atoms with Crippen molar-refractivity contribution in [3.8, 4) is 11.3 Å². The second kappa shape index (κ2) is 6.57. The lowest BCUT2D eigenvalue weighted by Gasteiger charge is -2.08. The van der Waals surface area contributed by atoms with E-state index in [1.807, 2.05) is 24.3 Å². The maximum absolute atomic E-state index is 12.9. The third-order valence-electron chi connectivity index (χ3n) is 4.75. The lowest BCUT2D eigenvalue weighted by Crippen LogP contribution is -2.23. The molecule has 0 spiro atoms. The molecule has 1 aromatic heterocycles. The first-order valence-corrected chi connectivity index (χ1v) is 8.51. The summed E-state index contributed by atoms with van der Waals surface area (Å²) in [6, 6.07) is 14.4. The number of benzene rings is 2. The third-order valence-corrected chi connectivity index (χ3v) is 4.75. The van der Waals surface area contributed by atoms with Crippen molar-refractivity contribution in [2.24, 2.45) is 5.92 Å². The quantitative estimate of drug-likeness (QED) is 0.715. The van der Waals surface area contributed by atoms with Gasteiger partial charge >= 0.3 is 6.18 Å². The molecule has 0 saturated carbocycles. The summed E-state index contributed by atoms with van der Waals surface area (Å²) in [7, 11) is 0. The number of nitrogens with one attached hydrogen (secondary N) is 2. The van der Waals surface area contributed by atoms with Gasteiger partial charge in [-0.25, -0.2) is 0 Å². The highest BCUT2D eigenvalue weighted by atomic mass is 19.4.